The average Bonchev–Trinajstić information content (AvgIpc) is 2.45. The normalized spacial score (nSPS) is 11.4. The maximum absolute atomic E-state index is 11.8. The van der Waals surface area contributed by atoms with Crippen molar-refractivity contribution in [1.82, 2.24) is 0 Å². The summed E-state index contributed by atoms with van der Waals surface area (Å²) in [6, 6.07) is 20.4. The van der Waals surface area contributed by atoms with Crippen LogP contribution < -0.4 is 26.3 Å². The van der Waals surface area contributed by atoms with E-state index >= 15 is 0 Å². The van der Waals surface area contributed by atoms with E-state index in [1.165, 1.54) is 9.13 Å². The molecule has 0 amide bonds. The Balaban J connectivity index is 1.83. The van der Waals surface area contributed by atoms with Crippen molar-refractivity contribution in [3.63, 3.8) is 0 Å². The zero-order valence-electron chi connectivity index (χ0n) is 10.1. The summed E-state index contributed by atoms with van der Waals surface area (Å²) in [7, 11) is 0. The minimum atomic E-state index is -0.271. The van der Waals surface area contributed by atoms with Crippen LogP contribution in [-0.4, -0.2) is 0 Å². The van der Waals surface area contributed by atoms with Crippen molar-refractivity contribution in [2.45, 2.75) is 12.8 Å². The van der Waals surface area contributed by atoms with Crippen LogP contribution in [0.4, 0.5) is 0 Å². The molecule has 0 heterocycles. The summed E-state index contributed by atoms with van der Waals surface area (Å²) in [4.78, 5) is 0. The smallest absolute Gasteiger partial charge is 0.348 e. The maximum Gasteiger partial charge on any atom is 0.348 e. The Labute approximate surface area is 118 Å². The molecule has 0 aromatic heterocycles. The van der Waals surface area contributed by atoms with E-state index in [1.54, 1.807) is 0 Å². The predicted octanol–water partition coefficient (Wildman–Crippen LogP) is -0.220. The van der Waals surface area contributed by atoms with Crippen LogP contribution in [0.15, 0.2) is 70.5 Å². The molecule has 0 aliphatic heterocycles. The minimum Gasteiger partial charge on any atom is -0.873 e. The van der Waals surface area contributed by atoms with Crippen LogP contribution in [0.2, 0.25) is 0 Å². The Morgan fingerprint density at radius 1 is 0.944 bits per heavy atom. The van der Waals surface area contributed by atoms with Crippen molar-refractivity contribution >= 4 is 0 Å². The number of aryl methyl sites for hydroxylation is 1. The fourth-order valence-electron chi connectivity index (χ4n) is 1.58. The monoisotopic (exact) mass is 350 g/mol. The average molecular weight is 350 g/mol. The van der Waals surface area contributed by atoms with Gasteiger partial charge in [-0.25, -0.2) is 0 Å². The Morgan fingerprint density at radius 3 is 2.22 bits per heavy atom. The minimum absolute atomic E-state index is 0.271. The zero-order chi connectivity index (χ0) is 12.6. The van der Waals surface area contributed by atoms with Crippen LogP contribution in [0.25, 0.3) is 0 Å². The summed E-state index contributed by atoms with van der Waals surface area (Å²) in [5.74, 6) is 0.274. The summed E-state index contributed by atoms with van der Waals surface area (Å²) in [6.07, 6.45) is 1.46. The summed E-state index contributed by atoms with van der Waals surface area (Å²) in [6.45, 7) is 0. The van der Waals surface area contributed by atoms with Gasteiger partial charge in [0.1, 0.15) is 4.08 Å². The molecule has 0 radical (unpaired) electrons. The summed E-state index contributed by atoms with van der Waals surface area (Å²) in [5, 5.41) is 11.8. The van der Waals surface area contributed by atoms with Crippen LogP contribution in [0, 0.1) is 3.57 Å². The van der Waals surface area contributed by atoms with Gasteiger partial charge in [-0.15, -0.1) is 0 Å². The van der Waals surface area contributed by atoms with E-state index in [4.69, 9.17) is 0 Å². The predicted molar refractivity (Wildman–Crippen MR) is 68.0 cm³/mol. The first-order chi connectivity index (χ1) is 8.84. The van der Waals surface area contributed by atoms with Gasteiger partial charge in [-0.3, -0.25) is 0 Å². The van der Waals surface area contributed by atoms with Crippen molar-refractivity contribution in [2.24, 2.45) is 0 Å². The molecule has 0 saturated heterocycles. The maximum atomic E-state index is 11.8. The standard InChI is InChI=1S/C16H15IO/c18-16(12-11-14-7-3-1-4-8-14)13-17-15-9-5-2-6-10-15/h1-10,13H,11-12H2/b16-13-. The van der Waals surface area contributed by atoms with Gasteiger partial charge in [0.15, 0.2) is 3.57 Å². The largest absolute Gasteiger partial charge is 0.873 e. The number of allylic oxidation sites excluding steroid dienone is 1. The van der Waals surface area contributed by atoms with Gasteiger partial charge >= 0.3 is 21.2 Å². The van der Waals surface area contributed by atoms with Crippen LogP contribution in [0.5, 0.6) is 0 Å². The van der Waals surface area contributed by atoms with Gasteiger partial charge in [-0.2, -0.15) is 0 Å². The van der Waals surface area contributed by atoms with E-state index in [0.717, 1.165) is 6.42 Å². The quantitative estimate of drug-likeness (QED) is 0.540. The molecule has 2 aromatic rings. The van der Waals surface area contributed by atoms with E-state index < -0.39 is 0 Å². The zero-order valence-corrected chi connectivity index (χ0v) is 12.2. The van der Waals surface area contributed by atoms with Gasteiger partial charge in [-0.05, 0) is 30.5 Å². The molecule has 0 bridgehead atoms. The highest BCUT2D eigenvalue weighted by atomic mass is 127. The molecule has 0 N–H and O–H groups in total. The van der Waals surface area contributed by atoms with E-state index in [9.17, 15) is 5.11 Å². The van der Waals surface area contributed by atoms with E-state index in [2.05, 4.69) is 24.3 Å². The number of halogens is 1. The van der Waals surface area contributed by atoms with Crippen LogP contribution in [-0.2, 0) is 6.42 Å². The van der Waals surface area contributed by atoms with Crippen molar-refractivity contribution in [3.05, 3.63) is 79.6 Å². The highest BCUT2D eigenvalue weighted by Crippen LogP contribution is 2.04. The molecule has 0 saturated carbocycles. The SMILES string of the molecule is [O-]/C(=C\[I+]c1ccccc1)CCc1ccccc1. The third-order valence-electron chi connectivity index (χ3n) is 2.54. The van der Waals surface area contributed by atoms with Crippen LogP contribution in [0.1, 0.15) is 12.0 Å². The first-order valence-corrected chi connectivity index (χ1v) is 8.25. The molecule has 92 valence electrons. The third kappa shape index (κ3) is 4.53. The van der Waals surface area contributed by atoms with Crippen molar-refractivity contribution < 1.29 is 26.3 Å². The van der Waals surface area contributed by atoms with Crippen molar-refractivity contribution in [2.75, 3.05) is 0 Å². The lowest BCUT2D eigenvalue weighted by Gasteiger charge is -2.07. The highest BCUT2D eigenvalue weighted by Gasteiger charge is 2.05. The first kappa shape index (κ1) is 13.1. The molecule has 0 fully saturated rings. The molecule has 2 heteroatoms. The molecular formula is C16H15IO. The lowest BCUT2D eigenvalue weighted by molar-refractivity contribution is -0.564. The van der Waals surface area contributed by atoms with Crippen LogP contribution >= 0.6 is 0 Å². The number of benzene rings is 2. The number of hydrogen-bond donors (Lipinski definition) is 0. The second kappa shape index (κ2) is 7.21. The molecule has 1 nitrogen and oxygen atoms in total. The van der Waals surface area contributed by atoms with Gasteiger partial charge in [-0.1, -0.05) is 54.3 Å². The molecule has 2 aromatic carbocycles. The van der Waals surface area contributed by atoms with Crippen LogP contribution in [0.3, 0.4) is 0 Å². The molecule has 0 atom stereocenters. The molecule has 0 aliphatic rings. The number of rotatable bonds is 5. The lowest BCUT2D eigenvalue weighted by Crippen LogP contribution is -3.59. The van der Waals surface area contributed by atoms with Crippen molar-refractivity contribution in [3.8, 4) is 0 Å². The molecule has 0 unspecified atom stereocenters. The van der Waals surface area contributed by atoms with E-state index in [1.807, 2.05) is 40.5 Å². The molecule has 0 spiro atoms. The Kier molecular flexibility index (Phi) is 5.27. The topological polar surface area (TPSA) is 23.1 Å². The number of hydrogen-bond acceptors (Lipinski definition) is 1. The Morgan fingerprint density at radius 2 is 1.56 bits per heavy atom. The van der Waals surface area contributed by atoms with Gasteiger partial charge in [0.25, 0.3) is 0 Å². The Bertz CT molecular complexity index is 491. The highest BCUT2D eigenvalue weighted by molar-refractivity contribution is 5.15. The summed E-state index contributed by atoms with van der Waals surface area (Å²) >= 11 is -0.271. The van der Waals surface area contributed by atoms with Crippen molar-refractivity contribution in [1.29, 1.82) is 0 Å². The van der Waals surface area contributed by atoms with Gasteiger partial charge in [0.2, 0.25) is 0 Å². The molecule has 0 aliphatic carbocycles. The van der Waals surface area contributed by atoms with Gasteiger partial charge in [0.05, 0.1) is 0 Å². The second-order valence-electron chi connectivity index (χ2n) is 3.97. The fraction of sp³-hybridized carbons (Fsp3) is 0.125. The molecular weight excluding hydrogens is 335 g/mol. The third-order valence-corrected chi connectivity index (χ3v) is 4.98. The van der Waals surface area contributed by atoms with Gasteiger partial charge in [0, 0.05) is 0 Å². The summed E-state index contributed by atoms with van der Waals surface area (Å²) in [5.41, 5.74) is 1.23. The molecule has 2 rings (SSSR count). The molecule has 18 heavy (non-hydrogen) atoms. The first-order valence-electron chi connectivity index (χ1n) is 5.93. The van der Waals surface area contributed by atoms with E-state index in [-0.39, 0.29) is 27.0 Å². The second-order valence-corrected chi connectivity index (χ2v) is 6.46. The van der Waals surface area contributed by atoms with E-state index in [0.29, 0.717) is 6.42 Å². The summed E-state index contributed by atoms with van der Waals surface area (Å²) < 4.78 is 3.20. The Hall–Kier alpha value is -1.29. The lowest BCUT2D eigenvalue weighted by atomic mass is 10.1. The van der Waals surface area contributed by atoms with Gasteiger partial charge < -0.3 is 5.11 Å². The fourth-order valence-corrected chi connectivity index (χ4v) is 3.43.